The van der Waals surface area contributed by atoms with Crippen molar-refractivity contribution in [1.82, 2.24) is 0 Å². The van der Waals surface area contributed by atoms with Gasteiger partial charge in [-0.1, -0.05) is 24.3 Å². The molecule has 0 unspecified atom stereocenters. The standard InChI is InChI=1S/C12H9F2NO4S/c13-12(14)20(18,19)15-10-6-8-4-2-1-3-7(8)5-9(10)11(16)17/h1-6,12,15H,(H,16,17). The normalized spacial score (nSPS) is 11.8. The number of hydrogen-bond donors (Lipinski definition) is 2. The smallest absolute Gasteiger partial charge is 0.355 e. The van der Waals surface area contributed by atoms with Crippen molar-refractivity contribution in [2.24, 2.45) is 0 Å². The summed E-state index contributed by atoms with van der Waals surface area (Å²) in [6.07, 6.45) is 0. The third kappa shape index (κ3) is 2.69. The Morgan fingerprint density at radius 3 is 2.20 bits per heavy atom. The van der Waals surface area contributed by atoms with Crippen LogP contribution in [0, 0.1) is 0 Å². The van der Waals surface area contributed by atoms with Gasteiger partial charge in [-0.2, -0.15) is 8.78 Å². The first-order chi connectivity index (χ1) is 9.31. The number of aromatic carboxylic acids is 1. The number of benzene rings is 2. The minimum atomic E-state index is -4.92. The van der Waals surface area contributed by atoms with Crippen LogP contribution in [0.15, 0.2) is 36.4 Å². The number of carboxylic acids is 1. The number of sulfonamides is 1. The zero-order chi connectivity index (χ0) is 14.9. The summed E-state index contributed by atoms with van der Waals surface area (Å²) < 4.78 is 48.6. The number of halogens is 2. The number of hydrogen-bond acceptors (Lipinski definition) is 3. The lowest BCUT2D eigenvalue weighted by molar-refractivity contribution is 0.0698. The highest BCUT2D eigenvalue weighted by Crippen LogP contribution is 2.26. The molecule has 0 saturated carbocycles. The molecule has 106 valence electrons. The molecule has 0 aliphatic carbocycles. The second-order valence-corrected chi connectivity index (χ2v) is 5.61. The molecule has 0 aliphatic rings. The van der Waals surface area contributed by atoms with E-state index in [0.717, 1.165) is 0 Å². The fourth-order valence-corrected chi connectivity index (χ4v) is 2.26. The van der Waals surface area contributed by atoms with Crippen LogP contribution in [0.5, 0.6) is 0 Å². The van der Waals surface area contributed by atoms with E-state index in [9.17, 15) is 22.0 Å². The van der Waals surface area contributed by atoms with Gasteiger partial charge in [-0.15, -0.1) is 0 Å². The van der Waals surface area contributed by atoms with Crippen LogP contribution in [-0.4, -0.2) is 25.3 Å². The number of carbonyl (C=O) groups is 1. The highest BCUT2D eigenvalue weighted by atomic mass is 32.2. The van der Waals surface area contributed by atoms with E-state index in [2.05, 4.69) is 0 Å². The maximum Gasteiger partial charge on any atom is 0.355 e. The van der Waals surface area contributed by atoms with Crippen LogP contribution < -0.4 is 4.72 Å². The average molecular weight is 301 g/mol. The van der Waals surface area contributed by atoms with E-state index in [-0.39, 0.29) is 0 Å². The Labute approximate surface area is 112 Å². The predicted octanol–water partition coefficient (Wildman–Crippen LogP) is 2.50. The molecule has 0 heterocycles. The molecule has 0 aromatic heterocycles. The fraction of sp³-hybridized carbons (Fsp3) is 0.0833. The number of alkyl halides is 2. The number of carboxylic acid groups (broad SMARTS) is 1. The highest BCUT2D eigenvalue weighted by Gasteiger charge is 2.26. The van der Waals surface area contributed by atoms with E-state index < -0.39 is 33.0 Å². The van der Waals surface area contributed by atoms with E-state index in [4.69, 9.17) is 5.11 Å². The second kappa shape index (κ2) is 5.04. The van der Waals surface area contributed by atoms with Gasteiger partial charge < -0.3 is 5.11 Å². The van der Waals surface area contributed by atoms with Gasteiger partial charge in [0.1, 0.15) is 0 Å². The maximum absolute atomic E-state index is 12.3. The molecule has 2 rings (SSSR count). The topological polar surface area (TPSA) is 83.5 Å². The van der Waals surface area contributed by atoms with Crippen molar-refractivity contribution in [2.45, 2.75) is 5.76 Å². The molecular formula is C12H9F2NO4S. The predicted molar refractivity (Wildman–Crippen MR) is 69.5 cm³/mol. The van der Waals surface area contributed by atoms with Gasteiger partial charge in [0, 0.05) is 0 Å². The Balaban J connectivity index is 2.61. The molecule has 0 radical (unpaired) electrons. The van der Waals surface area contributed by atoms with Crippen molar-refractivity contribution in [3.8, 4) is 0 Å². The van der Waals surface area contributed by atoms with Gasteiger partial charge >= 0.3 is 11.7 Å². The first kappa shape index (κ1) is 14.2. The summed E-state index contributed by atoms with van der Waals surface area (Å²) in [4.78, 5) is 11.1. The quantitative estimate of drug-likeness (QED) is 0.909. The van der Waals surface area contributed by atoms with Crippen molar-refractivity contribution in [1.29, 1.82) is 0 Å². The molecule has 0 saturated heterocycles. The molecule has 5 nitrogen and oxygen atoms in total. The maximum atomic E-state index is 12.3. The Morgan fingerprint density at radius 1 is 1.15 bits per heavy atom. The van der Waals surface area contributed by atoms with Crippen LogP contribution in [0.25, 0.3) is 10.8 Å². The first-order valence-electron chi connectivity index (χ1n) is 5.37. The third-order valence-electron chi connectivity index (χ3n) is 2.60. The monoisotopic (exact) mass is 301 g/mol. The summed E-state index contributed by atoms with van der Waals surface area (Å²) in [6.45, 7) is 0. The van der Waals surface area contributed by atoms with Gasteiger partial charge in [0.05, 0.1) is 11.3 Å². The van der Waals surface area contributed by atoms with Crippen molar-refractivity contribution < 1.29 is 27.1 Å². The van der Waals surface area contributed by atoms with E-state index in [0.29, 0.717) is 10.8 Å². The first-order valence-corrected chi connectivity index (χ1v) is 6.92. The van der Waals surface area contributed by atoms with Crippen LogP contribution in [0.1, 0.15) is 10.4 Å². The van der Waals surface area contributed by atoms with E-state index in [1.807, 2.05) is 0 Å². The van der Waals surface area contributed by atoms with Gasteiger partial charge in [0.15, 0.2) is 0 Å². The Kier molecular flexibility index (Phi) is 3.58. The molecule has 8 heteroatoms. The summed E-state index contributed by atoms with van der Waals surface area (Å²) in [6, 6.07) is 9.01. The number of fused-ring (bicyclic) bond motifs is 1. The number of anilines is 1. The molecule has 2 aromatic carbocycles. The fourth-order valence-electron chi connectivity index (χ4n) is 1.70. The van der Waals surface area contributed by atoms with Crippen molar-refractivity contribution in [3.05, 3.63) is 42.0 Å². The van der Waals surface area contributed by atoms with Crippen LogP contribution in [-0.2, 0) is 10.0 Å². The zero-order valence-electron chi connectivity index (χ0n) is 9.88. The summed E-state index contributed by atoms with van der Waals surface area (Å²) in [5.41, 5.74) is -0.788. The molecule has 0 amide bonds. The van der Waals surface area contributed by atoms with E-state index >= 15 is 0 Å². The molecule has 2 N–H and O–H groups in total. The van der Waals surface area contributed by atoms with Crippen molar-refractivity contribution in [3.63, 3.8) is 0 Å². The number of rotatable bonds is 4. The summed E-state index contributed by atoms with van der Waals surface area (Å²) in [7, 11) is -4.92. The minimum absolute atomic E-state index is 0.392. The lowest BCUT2D eigenvalue weighted by Gasteiger charge is -2.11. The molecule has 0 atom stereocenters. The highest BCUT2D eigenvalue weighted by molar-refractivity contribution is 7.93. The molecule has 0 bridgehead atoms. The Morgan fingerprint density at radius 2 is 1.70 bits per heavy atom. The van der Waals surface area contributed by atoms with Crippen LogP contribution in [0.3, 0.4) is 0 Å². The largest absolute Gasteiger partial charge is 0.478 e. The lowest BCUT2D eigenvalue weighted by atomic mass is 10.1. The molecule has 20 heavy (non-hydrogen) atoms. The second-order valence-electron chi connectivity index (χ2n) is 3.96. The van der Waals surface area contributed by atoms with E-state index in [1.165, 1.54) is 12.1 Å². The molecular weight excluding hydrogens is 292 g/mol. The molecule has 0 fully saturated rings. The van der Waals surface area contributed by atoms with Crippen LogP contribution >= 0.6 is 0 Å². The van der Waals surface area contributed by atoms with Crippen LogP contribution in [0.4, 0.5) is 14.5 Å². The van der Waals surface area contributed by atoms with Gasteiger partial charge in [-0.3, -0.25) is 4.72 Å². The summed E-state index contributed by atoms with van der Waals surface area (Å²) in [5, 5.41) is 10.1. The van der Waals surface area contributed by atoms with Gasteiger partial charge in [-0.25, -0.2) is 13.2 Å². The molecule has 0 spiro atoms. The minimum Gasteiger partial charge on any atom is -0.478 e. The Bertz CT molecular complexity index is 774. The van der Waals surface area contributed by atoms with Gasteiger partial charge in [0.2, 0.25) is 0 Å². The average Bonchev–Trinajstić information content (AvgIpc) is 2.37. The van der Waals surface area contributed by atoms with Crippen molar-refractivity contribution >= 4 is 32.5 Å². The summed E-state index contributed by atoms with van der Waals surface area (Å²) >= 11 is 0. The SMILES string of the molecule is O=C(O)c1cc2ccccc2cc1NS(=O)(=O)C(F)F. The summed E-state index contributed by atoms with van der Waals surface area (Å²) in [5.74, 6) is -5.06. The molecule has 0 aliphatic heterocycles. The molecule has 2 aromatic rings. The van der Waals surface area contributed by atoms with Crippen LogP contribution in [0.2, 0.25) is 0 Å². The lowest BCUT2D eigenvalue weighted by Crippen LogP contribution is -2.22. The Hall–Kier alpha value is -2.22. The number of nitrogens with one attached hydrogen (secondary N) is 1. The van der Waals surface area contributed by atoms with Crippen molar-refractivity contribution in [2.75, 3.05) is 4.72 Å². The van der Waals surface area contributed by atoms with Gasteiger partial charge in [-0.05, 0) is 22.9 Å². The third-order valence-corrected chi connectivity index (χ3v) is 3.58. The zero-order valence-corrected chi connectivity index (χ0v) is 10.7. The van der Waals surface area contributed by atoms with Gasteiger partial charge in [0.25, 0.3) is 10.0 Å². The van der Waals surface area contributed by atoms with E-state index in [1.54, 1.807) is 29.0 Å².